The van der Waals surface area contributed by atoms with E-state index in [0.717, 1.165) is 43.9 Å². The highest BCUT2D eigenvalue weighted by Gasteiger charge is 2.31. The molecule has 4 heteroatoms. The summed E-state index contributed by atoms with van der Waals surface area (Å²) in [5.74, 6) is 0.909. The summed E-state index contributed by atoms with van der Waals surface area (Å²) in [5.41, 5.74) is 0.972. The number of ether oxygens (including phenoxy) is 1. The average molecular weight is 238 g/mol. The summed E-state index contributed by atoms with van der Waals surface area (Å²) in [5, 5.41) is 7.41. The standard InChI is InChI=1S/C13H22N2O2/c1-4-13(3)8-11(5-6-16-13)14-9-12-7-10(2)15-17-12/h7,11,14H,4-6,8-9H2,1-3H3. The third-order valence-corrected chi connectivity index (χ3v) is 3.58. The lowest BCUT2D eigenvalue weighted by Gasteiger charge is -2.38. The fourth-order valence-corrected chi connectivity index (χ4v) is 2.29. The number of nitrogens with one attached hydrogen (secondary N) is 1. The summed E-state index contributed by atoms with van der Waals surface area (Å²) in [4.78, 5) is 0. The largest absolute Gasteiger partial charge is 0.375 e. The number of nitrogens with zero attached hydrogens (tertiary/aromatic N) is 1. The molecule has 1 aromatic rings. The lowest BCUT2D eigenvalue weighted by atomic mass is 9.90. The number of hydrogen-bond acceptors (Lipinski definition) is 4. The molecule has 0 saturated carbocycles. The zero-order valence-corrected chi connectivity index (χ0v) is 11.0. The molecule has 2 atom stereocenters. The van der Waals surface area contributed by atoms with Crippen molar-refractivity contribution in [1.82, 2.24) is 10.5 Å². The summed E-state index contributed by atoms with van der Waals surface area (Å²) < 4.78 is 11.0. The SMILES string of the molecule is CCC1(C)CC(NCc2cc(C)no2)CCO1. The zero-order chi connectivity index (χ0) is 12.3. The van der Waals surface area contributed by atoms with Gasteiger partial charge in [0.05, 0.1) is 17.8 Å². The Morgan fingerprint density at radius 3 is 3.06 bits per heavy atom. The van der Waals surface area contributed by atoms with Crippen LogP contribution in [0.1, 0.15) is 44.6 Å². The van der Waals surface area contributed by atoms with E-state index in [1.54, 1.807) is 0 Å². The molecule has 0 radical (unpaired) electrons. The van der Waals surface area contributed by atoms with Crippen molar-refractivity contribution in [3.8, 4) is 0 Å². The molecular formula is C13H22N2O2. The summed E-state index contributed by atoms with van der Waals surface area (Å²) >= 11 is 0. The minimum atomic E-state index is 0.0350. The van der Waals surface area contributed by atoms with Gasteiger partial charge in [0, 0.05) is 18.7 Å². The molecule has 0 amide bonds. The summed E-state index contributed by atoms with van der Waals surface area (Å²) in [7, 11) is 0. The Morgan fingerprint density at radius 2 is 2.41 bits per heavy atom. The van der Waals surface area contributed by atoms with Gasteiger partial charge in [-0.3, -0.25) is 0 Å². The van der Waals surface area contributed by atoms with Crippen molar-refractivity contribution >= 4 is 0 Å². The van der Waals surface area contributed by atoms with Gasteiger partial charge in [-0.15, -0.1) is 0 Å². The average Bonchev–Trinajstić information content (AvgIpc) is 2.73. The van der Waals surface area contributed by atoms with Crippen LogP contribution in [0.15, 0.2) is 10.6 Å². The Kier molecular flexibility index (Phi) is 3.84. The molecule has 2 heterocycles. The maximum Gasteiger partial charge on any atom is 0.150 e. The topological polar surface area (TPSA) is 47.3 Å². The second-order valence-corrected chi connectivity index (χ2v) is 5.16. The normalized spacial score (nSPS) is 29.5. The van der Waals surface area contributed by atoms with Crippen LogP contribution < -0.4 is 5.32 Å². The van der Waals surface area contributed by atoms with Gasteiger partial charge in [0.1, 0.15) is 0 Å². The van der Waals surface area contributed by atoms with Crippen molar-refractivity contribution in [2.75, 3.05) is 6.61 Å². The molecule has 0 aliphatic carbocycles. The first-order chi connectivity index (χ1) is 8.11. The van der Waals surface area contributed by atoms with Crippen LogP contribution >= 0.6 is 0 Å². The highest BCUT2D eigenvalue weighted by Crippen LogP contribution is 2.27. The lowest BCUT2D eigenvalue weighted by Crippen LogP contribution is -2.44. The van der Waals surface area contributed by atoms with Gasteiger partial charge >= 0.3 is 0 Å². The van der Waals surface area contributed by atoms with E-state index >= 15 is 0 Å². The van der Waals surface area contributed by atoms with Crippen LogP contribution in [0, 0.1) is 6.92 Å². The van der Waals surface area contributed by atoms with Crippen molar-refractivity contribution in [3.63, 3.8) is 0 Å². The molecule has 1 aliphatic rings. The van der Waals surface area contributed by atoms with Crippen LogP contribution in [0.4, 0.5) is 0 Å². The molecular weight excluding hydrogens is 216 g/mol. The molecule has 1 fully saturated rings. The van der Waals surface area contributed by atoms with E-state index in [1.807, 2.05) is 13.0 Å². The first kappa shape index (κ1) is 12.6. The second-order valence-electron chi connectivity index (χ2n) is 5.16. The number of hydrogen-bond donors (Lipinski definition) is 1. The minimum Gasteiger partial charge on any atom is -0.375 e. The highest BCUT2D eigenvalue weighted by atomic mass is 16.5. The maximum atomic E-state index is 5.83. The summed E-state index contributed by atoms with van der Waals surface area (Å²) in [6.07, 6.45) is 3.20. The van der Waals surface area contributed by atoms with Gasteiger partial charge in [-0.1, -0.05) is 12.1 Å². The fraction of sp³-hybridized carbons (Fsp3) is 0.769. The van der Waals surface area contributed by atoms with Crippen molar-refractivity contribution in [2.45, 2.75) is 58.2 Å². The molecule has 1 aromatic heterocycles. The van der Waals surface area contributed by atoms with Crippen molar-refractivity contribution in [2.24, 2.45) is 0 Å². The van der Waals surface area contributed by atoms with E-state index in [0.29, 0.717) is 6.04 Å². The van der Waals surface area contributed by atoms with E-state index in [9.17, 15) is 0 Å². The van der Waals surface area contributed by atoms with Crippen LogP contribution in [0.25, 0.3) is 0 Å². The molecule has 1 N–H and O–H groups in total. The Hall–Kier alpha value is -0.870. The van der Waals surface area contributed by atoms with Gasteiger partial charge in [-0.2, -0.15) is 0 Å². The lowest BCUT2D eigenvalue weighted by molar-refractivity contribution is -0.0783. The van der Waals surface area contributed by atoms with E-state index in [4.69, 9.17) is 9.26 Å². The third kappa shape index (κ3) is 3.30. The van der Waals surface area contributed by atoms with Crippen molar-refractivity contribution in [1.29, 1.82) is 0 Å². The van der Waals surface area contributed by atoms with Gasteiger partial charge in [-0.05, 0) is 33.1 Å². The Bertz CT molecular complexity index is 364. The van der Waals surface area contributed by atoms with Crippen LogP contribution in [0.3, 0.4) is 0 Å². The first-order valence-corrected chi connectivity index (χ1v) is 6.41. The van der Waals surface area contributed by atoms with Gasteiger partial charge in [0.2, 0.25) is 0 Å². The molecule has 4 nitrogen and oxygen atoms in total. The van der Waals surface area contributed by atoms with Crippen molar-refractivity contribution < 1.29 is 9.26 Å². The monoisotopic (exact) mass is 238 g/mol. The number of aryl methyl sites for hydroxylation is 1. The third-order valence-electron chi connectivity index (χ3n) is 3.58. The molecule has 1 aliphatic heterocycles. The van der Waals surface area contributed by atoms with E-state index in [1.165, 1.54) is 0 Å². The predicted molar refractivity (Wildman–Crippen MR) is 65.7 cm³/mol. The Morgan fingerprint density at radius 1 is 1.59 bits per heavy atom. The molecule has 0 aromatic carbocycles. The fourth-order valence-electron chi connectivity index (χ4n) is 2.29. The predicted octanol–water partition coefficient (Wildman–Crippen LogP) is 2.42. The van der Waals surface area contributed by atoms with Crippen LogP contribution in [-0.2, 0) is 11.3 Å². The summed E-state index contributed by atoms with van der Waals surface area (Å²) in [6, 6.07) is 2.49. The van der Waals surface area contributed by atoms with Gasteiger partial charge in [-0.25, -0.2) is 0 Å². The Balaban J connectivity index is 1.83. The van der Waals surface area contributed by atoms with Gasteiger partial charge in [0.15, 0.2) is 5.76 Å². The van der Waals surface area contributed by atoms with Gasteiger partial charge < -0.3 is 14.6 Å². The van der Waals surface area contributed by atoms with Crippen molar-refractivity contribution in [3.05, 3.63) is 17.5 Å². The van der Waals surface area contributed by atoms with E-state index in [-0.39, 0.29) is 5.60 Å². The molecule has 2 rings (SSSR count). The zero-order valence-electron chi connectivity index (χ0n) is 11.0. The molecule has 0 spiro atoms. The molecule has 2 unspecified atom stereocenters. The number of rotatable bonds is 4. The molecule has 17 heavy (non-hydrogen) atoms. The Labute approximate surface area is 103 Å². The highest BCUT2D eigenvalue weighted by molar-refractivity contribution is 5.03. The van der Waals surface area contributed by atoms with Crippen LogP contribution in [-0.4, -0.2) is 23.4 Å². The minimum absolute atomic E-state index is 0.0350. The molecule has 1 saturated heterocycles. The summed E-state index contributed by atoms with van der Waals surface area (Å²) in [6.45, 7) is 7.92. The second kappa shape index (κ2) is 5.19. The molecule has 96 valence electrons. The quantitative estimate of drug-likeness (QED) is 0.875. The first-order valence-electron chi connectivity index (χ1n) is 6.41. The van der Waals surface area contributed by atoms with Gasteiger partial charge in [0.25, 0.3) is 0 Å². The van der Waals surface area contributed by atoms with E-state index < -0.39 is 0 Å². The molecule has 0 bridgehead atoms. The maximum absolute atomic E-state index is 5.83. The van der Waals surface area contributed by atoms with Crippen LogP contribution in [0.2, 0.25) is 0 Å². The smallest absolute Gasteiger partial charge is 0.150 e. The number of aromatic nitrogens is 1. The van der Waals surface area contributed by atoms with E-state index in [2.05, 4.69) is 24.3 Å². The van der Waals surface area contributed by atoms with Crippen LogP contribution in [0.5, 0.6) is 0 Å².